The number of carboxylic acid groups (broad SMARTS) is 1. The number of hydrogen-bond donors (Lipinski definition) is 1. The van der Waals surface area contributed by atoms with Crippen LogP contribution in [0.3, 0.4) is 0 Å². The number of halogens is 2. The lowest BCUT2D eigenvalue weighted by atomic mass is 10.0. The van der Waals surface area contributed by atoms with E-state index in [0.717, 1.165) is 0 Å². The Morgan fingerprint density at radius 1 is 1.53 bits per heavy atom. The highest BCUT2D eigenvalue weighted by Gasteiger charge is 2.11. The van der Waals surface area contributed by atoms with Crippen molar-refractivity contribution in [2.75, 3.05) is 0 Å². The molecule has 0 aliphatic heterocycles. The standard InChI is InChI=1S/C10H7Cl2NO2/c11-4-8-7(3-10(14)15)1-6(5-13)2-9(8)12/h1-2H,3-4H2,(H,14,15). The SMILES string of the molecule is N#Cc1cc(Cl)c(CCl)c(CC(=O)O)c1. The van der Waals surface area contributed by atoms with Crippen LogP contribution in [0.2, 0.25) is 5.02 Å². The van der Waals surface area contributed by atoms with Gasteiger partial charge in [-0.1, -0.05) is 11.6 Å². The normalized spacial score (nSPS) is 9.67. The van der Waals surface area contributed by atoms with Crippen molar-refractivity contribution in [2.24, 2.45) is 0 Å². The Kier molecular flexibility index (Phi) is 3.96. The molecule has 1 aromatic carbocycles. The zero-order valence-electron chi connectivity index (χ0n) is 7.63. The topological polar surface area (TPSA) is 61.1 Å². The minimum atomic E-state index is -0.979. The van der Waals surface area contributed by atoms with Gasteiger partial charge in [0.25, 0.3) is 0 Å². The highest BCUT2D eigenvalue weighted by atomic mass is 35.5. The summed E-state index contributed by atoms with van der Waals surface area (Å²) >= 11 is 11.5. The van der Waals surface area contributed by atoms with Crippen molar-refractivity contribution in [2.45, 2.75) is 12.3 Å². The van der Waals surface area contributed by atoms with Crippen molar-refractivity contribution in [1.29, 1.82) is 5.26 Å². The molecule has 0 fully saturated rings. The Bertz CT molecular complexity index is 438. The maximum absolute atomic E-state index is 10.6. The average molecular weight is 244 g/mol. The van der Waals surface area contributed by atoms with Crippen LogP contribution >= 0.6 is 23.2 Å². The molecule has 0 unspecified atom stereocenters. The van der Waals surface area contributed by atoms with E-state index in [2.05, 4.69) is 0 Å². The molecule has 5 heteroatoms. The Morgan fingerprint density at radius 3 is 2.67 bits per heavy atom. The summed E-state index contributed by atoms with van der Waals surface area (Å²) in [6, 6.07) is 4.89. The van der Waals surface area contributed by atoms with E-state index >= 15 is 0 Å². The molecule has 0 aliphatic carbocycles. The number of benzene rings is 1. The molecule has 0 spiro atoms. The predicted molar refractivity (Wildman–Crippen MR) is 57.1 cm³/mol. The molecule has 1 N–H and O–H groups in total. The molecule has 0 saturated carbocycles. The Balaban J connectivity index is 3.27. The summed E-state index contributed by atoms with van der Waals surface area (Å²) in [4.78, 5) is 10.6. The lowest BCUT2D eigenvalue weighted by molar-refractivity contribution is -0.136. The summed E-state index contributed by atoms with van der Waals surface area (Å²) in [5.74, 6) is -0.847. The molecule has 0 radical (unpaired) electrons. The van der Waals surface area contributed by atoms with E-state index in [-0.39, 0.29) is 12.3 Å². The van der Waals surface area contributed by atoms with E-state index in [0.29, 0.717) is 21.7 Å². The number of alkyl halides is 1. The van der Waals surface area contributed by atoms with Gasteiger partial charge in [0.1, 0.15) is 0 Å². The third-order valence-corrected chi connectivity index (χ3v) is 2.50. The highest BCUT2D eigenvalue weighted by molar-refractivity contribution is 6.32. The van der Waals surface area contributed by atoms with Gasteiger partial charge in [0.05, 0.1) is 18.1 Å². The largest absolute Gasteiger partial charge is 0.481 e. The van der Waals surface area contributed by atoms with Gasteiger partial charge >= 0.3 is 5.97 Å². The van der Waals surface area contributed by atoms with Gasteiger partial charge in [-0.2, -0.15) is 5.26 Å². The first-order valence-electron chi connectivity index (χ1n) is 4.07. The third kappa shape index (κ3) is 2.85. The Labute approximate surface area is 96.8 Å². The lowest BCUT2D eigenvalue weighted by Crippen LogP contribution is -2.04. The monoisotopic (exact) mass is 243 g/mol. The summed E-state index contributed by atoms with van der Waals surface area (Å²) in [5, 5.41) is 17.7. The Hall–Kier alpha value is -1.24. The molecule has 0 atom stereocenters. The molecule has 3 nitrogen and oxygen atoms in total. The van der Waals surface area contributed by atoms with Crippen molar-refractivity contribution in [1.82, 2.24) is 0 Å². The second-order valence-electron chi connectivity index (χ2n) is 2.91. The molecule has 0 aromatic heterocycles. The van der Waals surface area contributed by atoms with Crippen molar-refractivity contribution in [3.63, 3.8) is 0 Å². The second-order valence-corrected chi connectivity index (χ2v) is 3.59. The molecule has 1 rings (SSSR count). The van der Waals surface area contributed by atoms with Crippen LogP contribution in [0, 0.1) is 11.3 Å². The van der Waals surface area contributed by atoms with Crippen molar-refractivity contribution < 1.29 is 9.90 Å². The zero-order valence-corrected chi connectivity index (χ0v) is 9.14. The minimum Gasteiger partial charge on any atom is -0.481 e. The lowest BCUT2D eigenvalue weighted by Gasteiger charge is -2.07. The number of aliphatic carboxylic acids is 1. The van der Waals surface area contributed by atoms with Crippen LogP contribution < -0.4 is 0 Å². The minimum absolute atomic E-state index is 0.132. The summed E-state index contributed by atoms with van der Waals surface area (Å²) in [5.41, 5.74) is 1.39. The molecule has 78 valence electrons. The maximum atomic E-state index is 10.6. The first kappa shape index (κ1) is 11.8. The van der Waals surface area contributed by atoms with Crippen LogP contribution in [-0.2, 0) is 17.1 Å². The molecule has 0 aliphatic rings. The first-order chi connectivity index (χ1) is 7.08. The summed E-state index contributed by atoms with van der Waals surface area (Å²) in [6.45, 7) is 0. The number of carboxylic acids is 1. The molecule has 0 amide bonds. The van der Waals surface area contributed by atoms with E-state index in [1.54, 1.807) is 0 Å². The van der Waals surface area contributed by atoms with Crippen LogP contribution in [0.25, 0.3) is 0 Å². The predicted octanol–water partition coefficient (Wildman–Crippen LogP) is 2.58. The van der Waals surface area contributed by atoms with Gasteiger partial charge in [0.15, 0.2) is 0 Å². The van der Waals surface area contributed by atoms with E-state index in [9.17, 15) is 4.79 Å². The quantitative estimate of drug-likeness (QED) is 0.831. The van der Waals surface area contributed by atoms with Crippen LogP contribution in [0.1, 0.15) is 16.7 Å². The van der Waals surface area contributed by atoms with E-state index in [4.69, 9.17) is 33.6 Å². The van der Waals surface area contributed by atoms with Crippen LogP contribution in [0.15, 0.2) is 12.1 Å². The number of nitrogens with zero attached hydrogens (tertiary/aromatic N) is 1. The molecule has 0 heterocycles. The highest BCUT2D eigenvalue weighted by Crippen LogP contribution is 2.24. The molecule has 1 aromatic rings. The summed E-state index contributed by atoms with van der Waals surface area (Å²) in [6.07, 6.45) is -0.183. The van der Waals surface area contributed by atoms with Crippen LogP contribution in [0.5, 0.6) is 0 Å². The second kappa shape index (κ2) is 5.01. The van der Waals surface area contributed by atoms with E-state index < -0.39 is 5.97 Å². The van der Waals surface area contributed by atoms with Gasteiger partial charge in [-0.05, 0) is 23.3 Å². The molecular formula is C10H7Cl2NO2. The molecule has 0 bridgehead atoms. The molecule has 15 heavy (non-hydrogen) atoms. The van der Waals surface area contributed by atoms with Gasteiger partial charge in [0.2, 0.25) is 0 Å². The Morgan fingerprint density at radius 2 is 2.20 bits per heavy atom. The number of carbonyl (C=O) groups is 1. The number of hydrogen-bond acceptors (Lipinski definition) is 2. The van der Waals surface area contributed by atoms with Crippen LogP contribution in [-0.4, -0.2) is 11.1 Å². The van der Waals surface area contributed by atoms with Crippen molar-refractivity contribution in [3.8, 4) is 6.07 Å². The maximum Gasteiger partial charge on any atom is 0.307 e. The van der Waals surface area contributed by atoms with Gasteiger partial charge < -0.3 is 5.11 Å². The van der Waals surface area contributed by atoms with Gasteiger partial charge in [-0.15, -0.1) is 11.6 Å². The fourth-order valence-electron chi connectivity index (χ4n) is 1.23. The molecule has 0 saturated heterocycles. The summed E-state index contributed by atoms with van der Waals surface area (Å²) in [7, 11) is 0. The van der Waals surface area contributed by atoms with Gasteiger partial charge in [-0.3, -0.25) is 4.79 Å². The van der Waals surface area contributed by atoms with E-state index in [1.165, 1.54) is 12.1 Å². The van der Waals surface area contributed by atoms with Crippen molar-refractivity contribution >= 4 is 29.2 Å². The number of nitriles is 1. The fraction of sp³-hybridized carbons (Fsp3) is 0.200. The van der Waals surface area contributed by atoms with Gasteiger partial charge in [-0.25, -0.2) is 0 Å². The van der Waals surface area contributed by atoms with Crippen molar-refractivity contribution in [3.05, 3.63) is 33.8 Å². The van der Waals surface area contributed by atoms with E-state index in [1.807, 2.05) is 6.07 Å². The van der Waals surface area contributed by atoms with Crippen LogP contribution in [0.4, 0.5) is 0 Å². The first-order valence-corrected chi connectivity index (χ1v) is 4.99. The smallest absolute Gasteiger partial charge is 0.307 e. The van der Waals surface area contributed by atoms with Gasteiger partial charge in [0, 0.05) is 10.9 Å². The number of rotatable bonds is 3. The molecular weight excluding hydrogens is 237 g/mol. The fourth-order valence-corrected chi connectivity index (χ4v) is 1.92. The summed E-state index contributed by atoms with van der Waals surface area (Å²) < 4.78 is 0. The third-order valence-electron chi connectivity index (χ3n) is 1.89. The average Bonchev–Trinajstić information content (AvgIpc) is 2.16. The zero-order chi connectivity index (χ0) is 11.4.